The Labute approximate surface area is 139 Å². The predicted octanol–water partition coefficient (Wildman–Crippen LogP) is 2.17. The van der Waals surface area contributed by atoms with E-state index in [0.717, 1.165) is 23.0 Å². The molecule has 9 nitrogen and oxygen atoms in total. The minimum atomic E-state index is -4.64. The number of hydrogen-bond acceptors (Lipinski definition) is 6. The number of imidazole rings is 1. The van der Waals surface area contributed by atoms with Crippen LogP contribution in [0.5, 0.6) is 0 Å². The second-order valence-electron chi connectivity index (χ2n) is 4.31. The lowest BCUT2D eigenvalue weighted by molar-refractivity contribution is -0.392. The van der Waals surface area contributed by atoms with Crippen LogP contribution in [0.2, 0.25) is 10.0 Å². The smallest absolute Gasteiger partial charge is 0.401 e. The van der Waals surface area contributed by atoms with Crippen LogP contribution in [0.25, 0.3) is 0 Å². The lowest BCUT2D eigenvalue weighted by Gasteiger charge is -2.10. The third-order valence-electron chi connectivity index (χ3n) is 2.80. The normalized spacial score (nSPS) is 11.4. The van der Waals surface area contributed by atoms with Crippen molar-refractivity contribution in [1.82, 2.24) is 9.55 Å². The molecule has 0 aliphatic carbocycles. The Bertz CT molecular complexity index is 937. The maximum absolute atomic E-state index is 12.7. The number of sulfone groups is 1. The summed E-state index contributed by atoms with van der Waals surface area (Å²) in [5.74, 6) is -2.53. The minimum Gasteiger partial charge on any atom is -0.478 e. The van der Waals surface area contributed by atoms with Crippen molar-refractivity contribution in [2.45, 2.75) is 9.92 Å². The molecule has 0 bridgehead atoms. The van der Waals surface area contributed by atoms with E-state index in [4.69, 9.17) is 23.2 Å². The summed E-state index contributed by atoms with van der Waals surface area (Å²) in [4.78, 5) is 23.9. The van der Waals surface area contributed by atoms with Crippen LogP contribution in [0.4, 0.5) is 5.82 Å². The van der Waals surface area contributed by atoms with Crippen molar-refractivity contribution in [2.75, 3.05) is 0 Å². The van der Waals surface area contributed by atoms with Crippen LogP contribution >= 0.6 is 23.2 Å². The topological polar surface area (TPSA) is 132 Å². The Morgan fingerprint density at radius 1 is 1.39 bits per heavy atom. The number of nitrogens with zero attached hydrogens (tertiary/aromatic N) is 3. The molecule has 2 rings (SSSR count). The largest absolute Gasteiger partial charge is 0.478 e. The van der Waals surface area contributed by atoms with E-state index in [1.807, 2.05) is 0 Å². The van der Waals surface area contributed by atoms with Crippen LogP contribution in [-0.4, -0.2) is 34.0 Å². The zero-order chi connectivity index (χ0) is 17.5. The van der Waals surface area contributed by atoms with Gasteiger partial charge in [0.05, 0.1) is 10.6 Å². The van der Waals surface area contributed by atoms with Crippen LogP contribution in [0, 0.1) is 10.1 Å². The van der Waals surface area contributed by atoms with Gasteiger partial charge in [-0.25, -0.2) is 13.2 Å². The van der Waals surface area contributed by atoms with Crippen molar-refractivity contribution < 1.29 is 23.2 Å². The van der Waals surface area contributed by atoms with Crippen molar-refractivity contribution in [3.8, 4) is 0 Å². The van der Waals surface area contributed by atoms with Gasteiger partial charge in [-0.2, -0.15) is 0 Å². The number of carboxylic acid groups (broad SMARTS) is 1. The summed E-state index contributed by atoms with van der Waals surface area (Å²) in [6.45, 7) is 0. The molecule has 0 saturated heterocycles. The second kappa shape index (κ2) is 5.80. The van der Waals surface area contributed by atoms with Gasteiger partial charge in [0.15, 0.2) is 0 Å². The Morgan fingerprint density at radius 2 is 2.00 bits per heavy atom. The highest BCUT2D eigenvalue weighted by Gasteiger charge is 2.37. The average molecular weight is 380 g/mol. The molecule has 0 spiro atoms. The Morgan fingerprint density at radius 3 is 2.52 bits per heavy atom. The zero-order valence-corrected chi connectivity index (χ0v) is 13.6. The van der Waals surface area contributed by atoms with Gasteiger partial charge >= 0.3 is 11.8 Å². The first-order valence-electron chi connectivity index (χ1n) is 5.70. The summed E-state index contributed by atoms with van der Waals surface area (Å²) < 4.78 is 26.4. The van der Waals surface area contributed by atoms with Gasteiger partial charge in [0.2, 0.25) is 21.2 Å². The SMILES string of the molecule is Cn1cnc([N+](=O)[O-])c1S(=O)(=O)c1c(Cl)cc(Cl)cc1C(=O)O. The van der Waals surface area contributed by atoms with E-state index < -0.39 is 47.1 Å². The molecule has 1 N–H and O–H groups in total. The number of nitro groups is 1. The van der Waals surface area contributed by atoms with Gasteiger partial charge in [-0.1, -0.05) is 23.2 Å². The molecule has 122 valence electrons. The van der Waals surface area contributed by atoms with E-state index >= 15 is 0 Å². The maximum Gasteiger partial charge on any atom is 0.401 e. The third-order valence-corrected chi connectivity index (χ3v) is 5.39. The van der Waals surface area contributed by atoms with Crippen molar-refractivity contribution in [3.63, 3.8) is 0 Å². The van der Waals surface area contributed by atoms with Gasteiger partial charge in [0, 0.05) is 12.1 Å². The zero-order valence-electron chi connectivity index (χ0n) is 11.2. The Balaban J connectivity index is 2.89. The summed E-state index contributed by atoms with van der Waals surface area (Å²) in [5, 5.41) is 18.8. The van der Waals surface area contributed by atoms with E-state index in [1.165, 1.54) is 7.05 Å². The molecule has 0 saturated carbocycles. The highest BCUT2D eigenvalue weighted by molar-refractivity contribution is 7.91. The quantitative estimate of drug-likeness (QED) is 0.635. The first kappa shape index (κ1) is 17.2. The molecule has 0 atom stereocenters. The Kier molecular flexibility index (Phi) is 4.33. The lowest BCUT2D eigenvalue weighted by Crippen LogP contribution is -2.14. The van der Waals surface area contributed by atoms with Gasteiger partial charge in [0.1, 0.15) is 4.90 Å². The van der Waals surface area contributed by atoms with E-state index in [9.17, 15) is 28.4 Å². The third kappa shape index (κ3) is 2.87. The molecule has 1 heterocycles. The van der Waals surface area contributed by atoms with Crippen LogP contribution in [-0.2, 0) is 16.9 Å². The molecule has 23 heavy (non-hydrogen) atoms. The van der Waals surface area contributed by atoms with Crippen molar-refractivity contribution >= 4 is 44.8 Å². The molecular formula is C11H7Cl2N3O6S. The number of aromatic nitrogens is 2. The summed E-state index contributed by atoms with van der Waals surface area (Å²) >= 11 is 11.5. The van der Waals surface area contributed by atoms with Gasteiger partial charge in [-0.3, -0.25) is 4.57 Å². The first-order valence-corrected chi connectivity index (χ1v) is 7.94. The fourth-order valence-electron chi connectivity index (χ4n) is 1.93. The van der Waals surface area contributed by atoms with E-state index in [-0.39, 0.29) is 5.02 Å². The molecule has 0 fully saturated rings. The standard InChI is InChI=1S/C11H7Cl2N3O6S/c1-15-4-14-9(16(19)20)10(15)23(21,22)8-6(11(17)18)2-5(12)3-7(8)13/h2-4H,1H3,(H,17,18). The number of aryl methyl sites for hydroxylation is 1. The molecule has 0 aliphatic heterocycles. The van der Waals surface area contributed by atoms with Gasteiger partial charge in [0.25, 0.3) is 0 Å². The molecule has 0 aliphatic rings. The number of carboxylic acids is 1. The average Bonchev–Trinajstić information content (AvgIpc) is 2.80. The van der Waals surface area contributed by atoms with Gasteiger partial charge in [-0.15, -0.1) is 0 Å². The molecule has 0 radical (unpaired) electrons. The van der Waals surface area contributed by atoms with Crippen LogP contribution < -0.4 is 0 Å². The van der Waals surface area contributed by atoms with E-state index in [0.29, 0.717) is 0 Å². The molecule has 12 heteroatoms. The second-order valence-corrected chi connectivity index (χ2v) is 6.96. The molecule has 1 aromatic carbocycles. The fraction of sp³-hybridized carbons (Fsp3) is 0.0909. The van der Waals surface area contributed by atoms with E-state index in [1.54, 1.807) is 0 Å². The monoisotopic (exact) mass is 379 g/mol. The molecule has 2 aromatic rings. The molecule has 0 amide bonds. The van der Waals surface area contributed by atoms with E-state index in [2.05, 4.69) is 4.98 Å². The molecule has 1 aromatic heterocycles. The Hall–Kier alpha value is -2.17. The highest BCUT2D eigenvalue weighted by Crippen LogP contribution is 2.36. The predicted molar refractivity (Wildman–Crippen MR) is 78.7 cm³/mol. The van der Waals surface area contributed by atoms with Gasteiger partial charge < -0.3 is 15.2 Å². The summed E-state index contributed by atoms with van der Waals surface area (Å²) in [5.41, 5.74) is -0.696. The number of aromatic carboxylic acids is 1. The molecule has 0 unspecified atom stereocenters. The number of halogens is 2. The number of hydrogen-bond donors (Lipinski definition) is 1. The van der Waals surface area contributed by atoms with Crippen LogP contribution in [0.1, 0.15) is 10.4 Å². The molecular weight excluding hydrogens is 373 g/mol. The summed E-state index contributed by atoms with van der Waals surface area (Å²) in [7, 11) is -3.42. The van der Waals surface area contributed by atoms with Crippen LogP contribution in [0.3, 0.4) is 0 Å². The summed E-state index contributed by atoms with van der Waals surface area (Å²) in [6.07, 6.45) is 0.926. The summed E-state index contributed by atoms with van der Waals surface area (Å²) in [6, 6.07) is 1.93. The van der Waals surface area contributed by atoms with Crippen molar-refractivity contribution in [2.24, 2.45) is 7.05 Å². The highest BCUT2D eigenvalue weighted by atomic mass is 35.5. The maximum atomic E-state index is 12.7. The van der Waals surface area contributed by atoms with Crippen molar-refractivity contribution in [3.05, 3.63) is 44.2 Å². The fourth-order valence-corrected chi connectivity index (χ4v) is 4.47. The first-order chi connectivity index (χ1) is 10.6. The number of carbonyl (C=O) groups is 1. The number of rotatable bonds is 4. The van der Waals surface area contributed by atoms with Crippen molar-refractivity contribution in [1.29, 1.82) is 0 Å². The lowest BCUT2D eigenvalue weighted by atomic mass is 10.2. The van der Waals surface area contributed by atoms with Gasteiger partial charge in [-0.05, 0) is 22.0 Å². The number of benzene rings is 1. The minimum absolute atomic E-state index is 0.0918. The van der Waals surface area contributed by atoms with Crippen LogP contribution in [0.15, 0.2) is 28.4 Å².